The second kappa shape index (κ2) is 7.76. The molecule has 150 valence electrons. The summed E-state index contributed by atoms with van der Waals surface area (Å²) in [5.74, 6) is 0.0582. The number of amides is 1. The Balaban J connectivity index is 1.31. The van der Waals surface area contributed by atoms with Gasteiger partial charge in [0.2, 0.25) is 0 Å². The number of thiophene rings is 1. The molecular formula is C23H26N4OS. The Hall–Kier alpha value is -2.44. The van der Waals surface area contributed by atoms with E-state index < -0.39 is 0 Å². The van der Waals surface area contributed by atoms with E-state index in [4.69, 9.17) is 10.7 Å². The Morgan fingerprint density at radius 2 is 1.83 bits per heavy atom. The number of benzene rings is 1. The van der Waals surface area contributed by atoms with Crippen molar-refractivity contribution in [3.05, 3.63) is 58.1 Å². The number of piperazine rings is 1. The van der Waals surface area contributed by atoms with Crippen molar-refractivity contribution < 1.29 is 4.79 Å². The lowest BCUT2D eigenvalue weighted by Crippen LogP contribution is -2.48. The average molecular weight is 407 g/mol. The summed E-state index contributed by atoms with van der Waals surface area (Å²) in [4.78, 5) is 24.0. The SMILES string of the molecule is Nc1c(C(=O)N2CCN(Cc3ccccc3)CC2)sc2nc3c(cc12)CCCC3. The highest BCUT2D eigenvalue weighted by atomic mass is 32.1. The number of fused-ring (bicyclic) bond motifs is 2. The van der Waals surface area contributed by atoms with Gasteiger partial charge in [-0.1, -0.05) is 30.3 Å². The van der Waals surface area contributed by atoms with E-state index in [1.807, 2.05) is 11.0 Å². The zero-order valence-corrected chi connectivity index (χ0v) is 17.4. The summed E-state index contributed by atoms with van der Waals surface area (Å²) >= 11 is 1.46. The summed E-state index contributed by atoms with van der Waals surface area (Å²) < 4.78 is 0. The van der Waals surface area contributed by atoms with Gasteiger partial charge in [0.15, 0.2) is 0 Å². The van der Waals surface area contributed by atoms with Crippen LogP contribution in [-0.4, -0.2) is 46.9 Å². The molecular weight excluding hydrogens is 380 g/mol. The van der Waals surface area contributed by atoms with Gasteiger partial charge in [0.1, 0.15) is 9.71 Å². The molecule has 0 spiro atoms. The zero-order valence-electron chi connectivity index (χ0n) is 16.6. The van der Waals surface area contributed by atoms with Gasteiger partial charge < -0.3 is 10.6 Å². The number of pyridine rings is 1. The third-order valence-electron chi connectivity index (χ3n) is 6.10. The number of aromatic nitrogens is 1. The highest BCUT2D eigenvalue weighted by Gasteiger charge is 2.27. The normalized spacial score (nSPS) is 17.4. The fourth-order valence-corrected chi connectivity index (χ4v) is 5.48. The number of rotatable bonds is 3. The Labute approximate surface area is 175 Å². The van der Waals surface area contributed by atoms with Crippen LogP contribution in [0.25, 0.3) is 10.2 Å². The van der Waals surface area contributed by atoms with Crippen LogP contribution in [0.2, 0.25) is 0 Å². The first-order chi connectivity index (χ1) is 14.2. The minimum Gasteiger partial charge on any atom is -0.397 e. The first-order valence-corrected chi connectivity index (χ1v) is 11.3. The van der Waals surface area contributed by atoms with E-state index in [1.165, 1.54) is 41.0 Å². The molecule has 1 aliphatic carbocycles. The van der Waals surface area contributed by atoms with E-state index >= 15 is 0 Å². The van der Waals surface area contributed by atoms with Crippen LogP contribution < -0.4 is 5.73 Å². The van der Waals surface area contributed by atoms with Crippen molar-refractivity contribution in [2.24, 2.45) is 0 Å². The van der Waals surface area contributed by atoms with Crippen LogP contribution >= 0.6 is 11.3 Å². The summed E-state index contributed by atoms with van der Waals surface area (Å²) in [5, 5.41) is 0.960. The minimum atomic E-state index is 0.0582. The van der Waals surface area contributed by atoms with Gasteiger partial charge >= 0.3 is 0 Å². The molecule has 3 aromatic rings. The van der Waals surface area contributed by atoms with Gasteiger partial charge in [-0.3, -0.25) is 9.69 Å². The summed E-state index contributed by atoms with van der Waals surface area (Å²) in [6.45, 7) is 4.19. The molecule has 1 aromatic carbocycles. The maximum absolute atomic E-state index is 13.2. The number of nitrogens with two attached hydrogens (primary N) is 1. The molecule has 5 rings (SSSR count). The molecule has 1 amide bonds. The molecule has 29 heavy (non-hydrogen) atoms. The number of nitrogens with zero attached hydrogens (tertiary/aromatic N) is 3. The first-order valence-electron chi connectivity index (χ1n) is 10.5. The number of hydrogen-bond donors (Lipinski definition) is 1. The lowest BCUT2D eigenvalue weighted by molar-refractivity contribution is 0.0634. The molecule has 0 radical (unpaired) electrons. The van der Waals surface area contributed by atoms with Crippen LogP contribution in [0.15, 0.2) is 36.4 Å². The van der Waals surface area contributed by atoms with Gasteiger partial charge in [0.05, 0.1) is 5.69 Å². The molecule has 6 heteroatoms. The summed E-state index contributed by atoms with van der Waals surface area (Å²) in [6.07, 6.45) is 4.52. The molecule has 2 aliphatic rings. The van der Waals surface area contributed by atoms with Gasteiger partial charge in [0, 0.05) is 43.8 Å². The third-order valence-corrected chi connectivity index (χ3v) is 7.21. The Bertz CT molecular complexity index is 1040. The lowest BCUT2D eigenvalue weighted by Gasteiger charge is -2.34. The van der Waals surface area contributed by atoms with E-state index in [0.717, 1.165) is 55.8 Å². The predicted octanol–water partition coefficient (Wildman–Crippen LogP) is 3.72. The van der Waals surface area contributed by atoms with E-state index in [0.29, 0.717) is 10.6 Å². The fraction of sp³-hybridized carbons (Fsp3) is 0.391. The van der Waals surface area contributed by atoms with Crippen molar-refractivity contribution in [3.63, 3.8) is 0 Å². The summed E-state index contributed by atoms with van der Waals surface area (Å²) in [5.41, 5.74) is 10.9. The molecule has 0 saturated carbocycles. The van der Waals surface area contributed by atoms with Crippen LogP contribution in [0, 0.1) is 0 Å². The number of aryl methyl sites for hydroxylation is 2. The number of hydrogen-bond acceptors (Lipinski definition) is 5. The number of carbonyl (C=O) groups is 1. The molecule has 2 N–H and O–H groups in total. The minimum absolute atomic E-state index is 0.0582. The highest BCUT2D eigenvalue weighted by molar-refractivity contribution is 7.21. The molecule has 3 heterocycles. The molecule has 1 fully saturated rings. The van der Waals surface area contributed by atoms with Crippen molar-refractivity contribution in [3.8, 4) is 0 Å². The van der Waals surface area contributed by atoms with E-state index in [1.54, 1.807) is 0 Å². The van der Waals surface area contributed by atoms with Crippen LogP contribution in [0.5, 0.6) is 0 Å². The van der Waals surface area contributed by atoms with E-state index in [-0.39, 0.29) is 5.91 Å². The largest absolute Gasteiger partial charge is 0.397 e. The van der Waals surface area contributed by atoms with Gasteiger partial charge in [0.25, 0.3) is 5.91 Å². The van der Waals surface area contributed by atoms with Crippen molar-refractivity contribution in [2.75, 3.05) is 31.9 Å². The smallest absolute Gasteiger partial charge is 0.266 e. The topological polar surface area (TPSA) is 62.5 Å². The zero-order chi connectivity index (χ0) is 19.8. The number of nitrogen functional groups attached to an aromatic ring is 1. The number of carbonyl (C=O) groups excluding carboxylic acids is 1. The van der Waals surface area contributed by atoms with Crippen molar-refractivity contribution in [1.82, 2.24) is 14.8 Å². The van der Waals surface area contributed by atoms with Crippen LogP contribution in [-0.2, 0) is 19.4 Å². The van der Waals surface area contributed by atoms with Gasteiger partial charge in [-0.05, 0) is 42.9 Å². The molecule has 1 saturated heterocycles. The van der Waals surface area contributed by atoms with E-state index in [9.17, 15) is 4.79 Å². The Morgan fingerprint density at radius 1 is 1.07 bits per heavy atom. The molecule has 5 nitrogen and oxygen atoms in total. The molecule has 2 aromatic heterocycles. The predicted molar refractivity (Wildman–Crippen MR) is 118 cm³/mol. The fourth-order valence-electron chi connectivity index (χ4n) is 4.41. The van der Waals surface area contributed by atoms with Gasteiger partial charge in [-0.15, -0.1) is 11.3 Å². The maximum Gasteiger partial charge on any atom is 0.266 e. The average Bonchev–Trinajstić information content (AvgIpc) is 3.08. The van der Waals surface area contributed by atoms with Crippen molar-refractivity contribution >= 4 is 33.1 Å². The van der Waals surface area contributed by atoms with Crippen molar-refractivity contribution in [2.45, 2.75) is 32.2 Å². The lowest BCUT2D eigenvalue weighted by atomic mass is 9.95. The van der Waals surface area contributed by atoms with Crippen molar-refractivity contribution in [1.29, 1.82) is 0 Å². The van der Waals surface area contributed by atoms with E-state index in [2.05, 4.69) is 35.2 Å². The monoisotopic (exact) mass is 406 g/mol. The summed E-state index contributed by atoms with van der Waals surface area (Å²) in [6, 6.07) is 12.7. The molecule has 0 bridgehead atoms. The molecule has 1 aliphatic heterocycles. The molecule has 0 atom stereocenters. The number of anilines is 1. The highest BCUT2D eigenvalue weighted by Crippen LogP contribution is 2.36. The molecule has 0 unspecified atom stereocenters. The van der Waals surface area contributed by atoms with Gasteiger partial charge in [-0.2, -0.15) is 0 Å². The Kier molecular flexibility index (Phi) is 4.97. The van der Waals surface area contributed by atoms with Gasteiger partial charge in [-0.25, -0.2) is 4.98 Å². The standard InChI is InChI=1S/C23H26N4OS/c24-20-18-14-17-8-4-5-9-19(17)25-22(18)29-21(20)23(28)27-12-10-26(11-13-27)15-16-6-2-1-3-7-16/h1-3,6-7,14H,4-5,8-13,15,24H2. The second-order valence-electron chi connectivity index (χ2n) is 8.05. The maximum atomic E-state index is 13.2. The second-order valence-corrected chi connectivity index (χ2v) is 9.05. The van der Waals surface area contributed by atoms with Crippen LogP contribution in [0.3, 0.4) is 0 Å². The first kappa shape index (κ1) is 18.6. The summed E-state index contributed by atoms with van der Waals surface area (Å²) in [7, 11) is 0. The third kappa shape index (κ3) is 3.63. The van der Waals surface area contributed by atoms with Crippen LogP contribution in [0.4, 0.5) is 5.69 Å². The quantitative estimate of drug-likeness (QED) is 0.720. The Morgan fingerprint density at radius 3 is 2.62 bits per heavy atom. The van der Waals surface area contributed by atoms with Crippen LogP contribution in [0.1, 0.15) is 39.3 Å².